The molecule has 0 aromatic heterocycles. The summed E-state index contributed by atoms with van der Waals surface area (Å²) in [6.07, 6.45) is 2.99. The third-order valence-corrected chi connectivity index (χ3v) is 5.16. The molecule has 2 aromatic rings. The van der Waals surface area contributed by atoms with Crippen LogP contribution in [0.15, 0.2) is 54.6 Å². The Labute approximate surface area is 131 Å². The van der Waals surface area contributed by atoms with Crippen molar-refractivity contribution in [2.75, 3.05) is 13.1 Å². The number of benzene rings is 2. The van der Waals surface area contributed by atoms with Crippen molar-refractivity contribution in [2.45, 2.75) is 25.3 Å². The third kappa shape index (κ3) is 2.48. The Hall–Kier alpha value is -1.93. The standard InChI is InChI=1S/C20H21NO/c22-20-17-9-11-21(12-10-17)19(20)14-15-5-4-8-18(13-15)16-6-2-1-3-7-16/h1-8,13,17,19H,9-12,14H2. The van der Waals surface area contributed by atoms with Crippen LogP contribution in [0.3, 0.4) is 0 Å². The Balaban J connectivity index is 1.58. The number of hydrogen-bond donors (Lipinski definition) is 0. The van der Waals surface area contributed by atoms with Crippen LogP contribution in [0.2, 0.25) is 0 Å². The highest BCUT2D eigenvalue weighted by Gasteiger charge is 2.40. The second kappa shape index (κ2) is 5.69. The lowest BCUT2D eigenvalue weighted by atomic mass is 9.80. The zero-order valence-corrected chi connectivity index (χ0v) is 12.7. The van der Waals surface area contributed by atoms with Gasteiger partial charge in [-0.05, 0) is 49.0 Å². The highest BCUT2D eigenvalue weighted by molar-refractivity contribution is 5.88. The number of Topliss-reactive ketones (excluding diaryl/α,β-unsaturated/α-hetero) is 1. The monoisotopic (exact) mass is 291 g/mol. The number of nitrogens with zero attached hydrogens (tertiary/aromatic N) is 1. The Kier molecular flexibility index (Phi) is 3.55. The molecule has 2 bridgehead atoms. The van der Waals surface area contributed by atoms with E-state index in [9.17, 15) is 4.79 Å². The largest absolute Gasteiger partial charge is 0.298 e. The zero-order valence-electron chi connectivity index (χ0n) is 12.7. The Bertz CT molecular complexity index is 671. The summed E-state index contributed by atoms with van der Waals surface area (Å²) in [4.78, 5) is 14.9. The van der Waals surface area contributed by atoms with Crippen molar-refractivity contribution < 1.29 is 4.79 Å². The van der Waals surface area contributed by atoms with Crippen molar-refractivity contribution in [1.29, 1.82) is 0 Å². The molecule has 2 heteroatoms. The molecule has 3 heterocycles. The van der Waals surface area contributed by atoms with Crippen LogP contribution in [0, 0.1) is 5.92 Å². The quantitative estimate of drug-likeness (QED) is 0.862. The second-order valence-corrected chi connectivity index (χ2v) is 6.50. The Morgan fingerprint density at radius 2 is 1.64 bits per heavy atom. The van der Waals surface area contributed by atoms with E-state index in [0.717, 1.165) is 32.4 Å². The average Bonchev–Trinajstić information content (AvgIpc) is 2.60. The van der Waals surface area contributed by atoms with E-state index in [1.54, 1.807) is 0 Å². The van der Waals surface area contributed by atoms with Gasteiger partial charge in [0, 0.05) is 5.92 Å². The Morgan fingerprint density at radius 3 is 2.36 bits per heavy atom. The van der Waals surface area contributed by atoms with Gasteiger partial charge in [-0.1, -0.05) is 54.6 Å². The molecular formula is C20H21NO. The normalized spacial score (nSPS) is 27.1. The highest BCUT2D eigenvalue weighted by atomic mass is 16.1. The van der Waals surface area contributed by atoms with E-state index >= 15 is 0 Å². The number of ketones is 1. The Morgan fingerprint density at radius 1 is 0.909 bits per heavy atom. The molecule has 5 rings (SSSR count). The van der Waals surface area contributed by atoms with Crippen LogP contribution < -0.4 is 0 Å². The first-order chi connectivity index (χ1) is 10.8. The van der Waals surface area contributed by atoms with E-state index in [1.807, 2.05) is 6.07 Å². The summed E-state index contributed by atoms with van der Waals surface area (Å²) in [5.41, 5.74) is 3.75. The molecule has 2 aromatic carbocycles. The summed E-state index contributed by atoms with van der Waals surface area (Å²) in [5, 5.41) is 0. The maximum Gasteiger partial charge on any atom is 0.153 e. The fraction of sp³-hybridized carbons (Fsp3) is 0.350. The summed E-state index contributed by atoms with van der Waals surface area (Å²) >= 11 is 0. The molecule has 0 amide bonds. The van der Waals surface area contributed by atoms with E-state index in [1.165, 1.54) is 16.7 Å². The van der Waals surface area contributed by atoms with Gasteiger partial charge in [0.25, 0.3) is 0 Å². The molecule has 1 unspecified atom stereocenters. The van der Waals surface area contributed by atoms with E-state index < -0.39 is 0 Å². The molecule has 22 heavy (non-hydrogen) atoms. The topological polar surface area (TPSA) is 20.3 Å². The first-order valence-corrected chi connectivity index (χ1v) is 8.23. The van der Waals surface area contributed by atoms with Gasteiger partial charge in [0.2, 0.25) is 0 Å². The minimum atomic E-state index is 0.110. The van der Waals surface area contributed by atoms with Gasteiger partial charge < -0.3 is 0 Å². The van der Waals surface area contributed by atoms with Crippen molar-refractivity contribution in [3.05, 3.63) is 60.2 Å². The minimum Gasteiger partial charge on any atom is -0.298 e. The molecule has 3 aliphatic rings. The molecule has 2 nitrogen and oxygen atoms in total. The number of carbonyl (C=O) groups is 1. The SMILES string of the molecule is O=C1C2CCN(CC2)C1Cc1cccc(-c2ccccc2)c1. The predicted molar refractivity (Wildman–Crippen MR) is 88.7 cm³/mol. The first-order valence-electron chi connectivity index (χ1n) is 8.23. The zero-order chi connectivity index (χ0) is 14.9. The van der Waals surface area contributed by atoms with E-state index in [0.29, 0.717) is 11.7 Å². The van der Waals surface area contributed by atoms with Gasteiger partial charge in [0.1, 0.15) is 0 Å². The molecule has 0 aliphatic carbocycles. The lowest BCUT2D eigenvalue weighted by molar-refractivity contribution is -0.136. The van der Waals surface area contributed by atoms with Crippen molar-refractivity contribution in [2.24, 2.45) is 5.92 Å². The highest BCUT2D eigenvalue weighted by Crippen LogP contribution is 2.31. The van der Waals surface area contributed by atoms with Crippen LogP contribution in [0.4, 0.5) is 0 Å². The number of hydrogen-bond acceptors (Lipinski definition) is 2. The van der Waals surface area contributed by atoms with Crippen LogP contribution in [-0.4, -0.2) is 29.8 Å². The van der Waals surface area contributed by atoms with Crippen molar-refractivity contribution in [1.82, 2.24) is 4.90 Å². The number of fused-ring (bicyclic) bond motifs is 3. The minimum absolute atomic E-state index is 0.110. The molecule has 3 saturated heterocycles. The van der Waals surface area contributed by atoms with Crippen LogP contribution in [0.1, 0.15) is 18.4 Å². The van der Waals surface area contributed by atoms with E-state index in [-0.39, 0.29) is 6.04 Å². The maximum absolute atomic E-state index is 12.5. The molecule has 0 radical (unpaired) electrons. The third-order valence-electron chi connectivity index (χ3n) is 5.16. The van der Waals surface area contributed by atoms with Gasteiger partial charge in [-0.2, -0.15) is 0 Å². The van der Waals surface area contributed by atoms with Gasteiger partial charge in [-0.3, -0.25) is 9.69 Å². The molecule has 3 fully saturated rings. The van der Waals surface area contributed by atoms with E-state index in [4.69, 9.17) is 0 Å². The summed E-state index contributed by atoms with van der Waals surface area (Å²) in [7, 11) is 0. The number of rotatable bonds is 3. The number of carbonyl (C=O) groups excluding carboxylic acids is 1. The fourth-order valence-electron chi connectivity index (χ4n) is 3.91. The summed E-state index contributed by atoms with van der Waals surface area (Å²) in [5.74, 6) is 0.801. The molecule has 0 saturated carbocycles. The number of piperidine rings is 3. The lowest BCUT2D eigenvalue weighted by Gasteiger charge is -2.44. The lowest BCUT2D eigenvalue weighted by Crippen LogP contribution is -2.56. The maximum atomic E-state index is 12.5. The molecule has 1 atom stereocenters. The van der Waals surface area contributed by atoms with Crippen LogP contribution in [0.5, 0.6) is 0 Å². The van der Waals surface area contributed by atoms with E-state index in [2.05, 4.69) is 53.4 Å². The van der Waals surface area contributed by atoms with Gasteiger partial charge in [-0.15, -0.1) is 0 Å². The summed E-state index contributed by atoms with van der Waals surface area (Å²) in [6, 6.07) is 19.2. The van der Waals surface area contributed by atoms with Crippen molar-refractivity contribution in [3.63, 3.8) is 0 Å². The average molecular weight is 291 g/mol. The molecular weight excluding hydrogens is 270 g/mol. The molecule has 0 spiro atoms. The van der Waals surface area contributed by atoms with Gasteiger partial charge in [0.05, 0.1) is 6.04 Å². The van der Waals surface area contributed by atoms with Gasteiger partial charge in [0.15, 0.2) is 5.78 Å². The van der Waals surface area contributed by atoms with Gasteiger partial charge in [-0.25, -0.2) is 0 Å². The van der Waals surface area contributed by atoms with Crippen molar-refractivity contribution in [3.8, 4) is 11.1 Å². The molecule has 112 valence electrons. The second-order valence-electron chi connectivity index (χ2n) is 6.50. The molecule has 0 N–H and O–H groups in total. The summed E-state index contributed by atoms with van der Waals surface area (Å²) in [6.45, 7) is 2.19. The smallest absolute Gasteiger partial charge is 0.153 e. The molecule has 3 aliphatic heterocycles. The van der Waals surface area contributed by atoms with Crippen LogP contribution in [-0.2, 0) is 11.2 Å². The van der Waals surface area contributed by atoms with Crippen LogP contribution in [0.25, 0.3) is 11.1 Å². The predicted octanol–water partition coefficient (Wildman–Crippen LogP) is 3.56. The first kappa shape index (κ1) is 13.7. The van der Waals surface area contributed by atoms with Crippen LogP contribution >= 0.6 is 0 Å². The fourth-order valence-corrected chi connectivity index (χ4v) is 3.91. The van der Waals surface area contributed by atoms with Crippen molar-refractivity contribution >= 4 is 5.78 Å². The van der Waals surface area contributed by atoms with Gasteiger partial charge >= 0.3 is 0 Å². The summed E-state index contributed by atoms with van der Waals surface area (Å²) < 4.78 is 0.